The molecule has 0 saturated carbocycles. The van der Waals surface area contributed by atoms with Crippen molar-refractivity contribution in [3.63, 3.8) is 0 Å². The smallest absolute Gasteiger partial charge is 0.330 e. The molecule has 4 aromatic rings. The number of aromatic nitrogens is 2. The van der Waals surface area contributed by atoms with Gasteiger partial charge in [-0.05, 0) is 71.1 Å². The van der Waals surface area contributed by atoms with Gasteiger partial charge in [0.25, 0.3) is 5.56 Å². The molecule has 1 N–H and O–H groups in total. The Labute approximate surface area is 356 Å². The van der Waals surface area contributed by atoms with Crippen LogP contribution in [0.2, 0.25) is 54.4 Å². The molecule has 0 radical (unpaired) electrons. The average Bonchev–Trinajstić information content (AvgIpc) is 3.42. The van der Waals surface area contributed by atoms with Gasteiger partial charge in [0.05, 0.1) is 13.2 Å². The molecule has 9 nitrogen and oxygen atoms in total. The minimum Gasteiger partial charge on any atom is -0.414 e. The van der Waals surface area contributed by atoms with Crippen LogP contribution in [0.3, 0.4) is 0 Å². The molecule has 59 heavy (non-hydrogen) atoms. The minimum atomic E-state index is -2.64. The maximum Gasteiger partial charge on any atom is 0.330 e. The lowest BCUT2D eigenvalue weighted by molar-refractivity contribution is -0.174. The first-order chi connectivity index (χ1) is 27.2. The zero-order chi connectivity index (χ0) is 43.9. The first kappa shape index (κ1) is 46.8. The Morgan fingerprint density at radius 1 is 0.610 bits per heavy atom. The van der Waals surface area contributed by atoms with Crippen LogP contribution >= 0.6 is 0 Å². The minimum absolute atomic E-state index is 0.00552. The maximum atomic E-state index is 13.9. The number of nitrogens with one attached hydrogen (secondary N) is 1. The fraction of sp³-hybridized carbons (Fsp3) is 0.532. The van der Waals surface area contributed by atoms with E-state index in [-0.39, 0.29) is 28.3 Å². The lowest BCUT2D eigenvalue weighted by Gasteiger charge is -2.48. The predicted molar refractivity (Wildman–Crippen MR) is 247 cm³/mol. The van der Waals surface area contributed by atoms with Crippen molar-refractivity contribution in [1.29, 1.82) is 0 Å². The highest BCUT2D eigenvalue weighted by molar-refractivity contribution is 6.75. The molecule has 0 aliphatic carbocycles. The van der Waals surface area contributed by atoms with Crippen molar-refractivity contribution in [2.75, 3.05) is 13.2 Å². The van der Waals surface area contributed by atoms with Gasteiger partial charge >= 0.3 is 5.69 Å². The van der Waals surface area contributed by atoms with Crippen molar-refractivity contribution < 1.29 is 22.8 Å². The first-order valence-corrected chi connectivity index (χ1v) is 29.7. The van der Waals surface area contributed by atoms with E-state index in [1.54, 1.807) is 0 Å². The fourth-order valence-electron chi connectivity index (χ4n) is 6.76. The van der Waals surface area contributed by atoms with Crippen LogP contribution in [-0.4, -0.2) is 65.5 Å². The molecule has 1 saturated heterocycles. The zero-order valence-electron chi connectivity index (χ0n) is 38.3. The SMILES string of the molecule is CC(C)(C)[Si](C)(C)OC[C@@]1(COC(c2ccccc2)(c2ccccc2)c2ccccc2)O[C@@H](n2ccc(=O)[nH]c2=O)[C@H](O[Si](C)(C)C(C)(C)C)[C@H]1O[Si](C)(C)C(C)(C)C. The van der Waals surface area contributed by atoms with E-state index in [1.165, 1.54) is 16.8 Å². The molecule has 1 fully saturated rings. The summed E-state index contributed by atoms with van der Waals surface area (Å²) >= 11 is 0. The van der Waals surface area contributed by atoms with E-state index in [0.717, 1.165) is 16.7 Å². The molecule has 1 aromatic heterocycles. The van der Waals surface area contributed by atoms with Crippen molar-refractivity contribution in [2.24, 2.45) is 0 Å². The molecule has 4 atom stereocenters. The van der Waals surface area contributed by atoms with Gasteiger partial charge in [0, 0.05) is 12.3 Å². The molecular weight excluding hydrogens is 789 g/mol. The topological polar surface area (TPSA) is 101 Å². The Kier molecular flexibility index (Phi) is 13.4. The molecule has 3 aromatic carbocycles. The number of ether oxygens (including phenoxy) is 2. The second kappa shape index (κ2) is 16.9. The second-order valence-corrected chi connectivity index (χ2v) is 35.2. The molecule has 0 amide bonds. The number of hydrogen-bond acceptors (Lipinski definition) is 7. The van der Waals surface area contributed by atoms with Crippen molar-refractivity contribution in [2.45, 2.75) is 146 Å². The van der Waals surface area contributed by atoms with Crippen molar-refractivity contribution >= 4 is 25.0 Å². The number of rotatable bonds is 14. The number of benzene rings is 3. The molecule has 0 bridgehead atoms. The van der Waals surface area contributed by atoms with Gasteiger partial charge in [-0.15, -0.1) is 0 Å². The van der Waals surface area contributed by atoms with Gasteiger partial charge in [-0.1, -0.05) is 153 Å². The van der Waals surface area contributed by atoms with Crippen LogP contribution in [0.5, 0.6) is 0 Å². The van der Waals surface area contributed by atoms with Gasteiger partial charge in [0.1, 0.15) is 23.4 Å². The summed E-state index contributed by atoms with van der Waals surface area (Å²) in [5.74, 6) is 0. The van der Waals surface area contributed by atoms with E-state index in [9.17, 15) is 9.59 Å². The van der Waals surface area contributed by atoms with Crippen LogP contribution in [0.15, 0.2) is 113 Å². The number of aromatic amines is 1. The molecule has 1 aliphatic heterocycles. The standard InChI is InChI=1S/C47H70N2O7Si3/c1-43(2,3)57(10,11)53-34-46(33-52-47(35-25-19-16-20-26-35,36-27-21-17-22-28-36)37-29-23-18-24-30-37)40(56-59(14,15)45(7,8)9)39(55-58(12,13)44(4,5)6)41(54-46)49-32-31-38(50)48-42(49)51/h16-32,39-41H,33-34H2,1-15H3,(H,48,50,51)/t39-,40-,41-,46-/m1/s1. The van der Waals surface area contributed by atoms with Crippen LogP contribution < -0.4 is 11.2 Å². The quantitative estimate of drug-likeness (QED) is 0.0995. The van der Waals surface area contributed by atoms with Crippen LogP contribution in [0.1, 0.15) is 85.2 Å². The Morgan fingerprint density at radius 2 is 1.03 bits per heavy atom. The van der Waals surface area contributed by atoms with Crippen molar-refractivity contribution in [1.82, 2.24) is 9.55 Å². The predicted octanol–water partition coefficient (Wildman–Crippen LogP) is 10.6. The summed E-state index contributed by atoms with van der Waals surface area (Å²) in [7, 11) is -7.71. The summed E-state index contributed by atoms with van der Waals surface area (Å²) in [6.45, 7) is 33.4. The van der Waals surface area contributed by atoms with Crippen LogP contribution in [0.4, 0.5) is 0 Å². The molecule has 0 unspecified atom stereocenters. The van der Waals surface area contributed by atoms with Gasteiger partial charge in [0.15, 0.2) is 31.2 Å². The Morgan fingerprint density at radius 3 is 1.44 bits per heavy atom. The maximum absolute atomic E-state index is 13.9. The van der Waals surface area contributed by atoms with Gasteiger partial charge in [0.2, 0.25) is 0 Å². The summed E-state index contributed by atoms with van der Waals surface area (Å²) in [5.41, 5.74) is -0.662. The van der Waals surface area contributed by atoms with Crippen molar-refractivity contribution in [3.8, 4) is 0 Å². The highest BCUT2D eigenvalue weighted by Gasteiger charge is 2.63. The monoisotopic (exact) mass is 858 g/mol. The Hall–Kier alpha value is -3.21. The van der Waals surface area contributed by atoms with Gasteiger partial charge < -0.3 is 22.8 Å². The Balaban J connectivity index is 1.85. The van der Waals surface area contributed by atoms with E-state index in [0.29, 0.717) is 0 Å². The van der Waals surface area contributed by atoms with Crippen LogP contribution in [0.25, 0.3) is 0 Å². The molecule has 5 rings (SSSR count). The van der Waals surface area contributed by atoms with E-state index in [1.807, 2.05) is 54.6 Å². The third kappa shape index (κ3) is 9.65. The number of H-pyrrole nitrogens is 1. The third-order valence-corrected chi connectivity index (χ3v) is 27.0. The lowest BCUT2D eigenvalue weighted by atomic mass is 9.80. The summed E-state index contributed by atoms with van der Waals surface area (Å²) in [4.78, 5) is 28.9. The molecule has 0 spiro atoms. The van der Waals surface area contributed by atoms with E-state index < -0.39 is 65.8 Å². The molecule has 1 aliphatic rings. The third-order valence-electron chi connectivity index (χ3n) is 13.6. The average molecular weight is 859 g/mol. The first-order valence-electron chi connectivity index (χ1n) is 21.0. The second-order valence-electron chi connectivity index (χ2n) is 20.8. The number of nitrogens with zero attached hydrogens (tertiary/aromatic N) is 1. The zero-order valence-corrected chi connectivity index (χ0v) is 41.3. The largest absolute Gasteiger partial charge is 0.414 e. The molecule has 322 valence electrons. The normalized spacial score (nSPS) is 21.2. The molecular formula is C47H70N2O7Si3. The van der Waals surface area contributed by atoms with E-state index in [4.69, 9.17) is 22.8 Å². The summed E-state index contributed by atoms with van der Waals surface area (Å²) in [6, 6.07) is 32.2. The van der Waals surface area contributed by atoms with Crippen molar-refractivity contribution in [3.05, 3.63) is 141 Å². The fourth-order valence-corrected chi connectivity index (χ4v) is 10.4. The Bertz CT molecular complexity index is 2020. The van der Waals surface area contributed by atoms with E-state index in [2.05, 4.69) is 143 Å². The van der Waals surface area contributed by atoms with Gasteiger partial charge in [-0.25, -0.2) is 4.79 Å². The van der Waals surface area contributed by atoms with Crippen LogP contribution in [0, 0.1) is 0 Å². The highest BCUT2D eigenvalue weighted by atomic mass is 28.4. The number of hydrogen-bond donors (Lipinski definition) is 1. The molecule has 2 heterocycles. The highest BCUT2D eigenvalue weighted by Crippen LogP contribution is 2.51. The lowest BCUT2D eigenvalue weighted by Crippen LogP contribution is -2.61. The van der Waals surface area contributed by atoms with Gasteiger partial charge in [-0.3, -0.25) is 14.3 Å². The summed E-state index contributed by atoms with van der Waals surface area (Å²) in [5, 5.41) is -0.523. The molecule has 12 heteroatoms. The summed E-state index contributed by atoms with van der Waals surface area (Å²) < 4.78 is 39.1. The van der Waals surface area contributed by atoms with Crippen LogP contribution in [-0.2, 0) is 28.4 Å². The van der Waals surface area contributed by atoms with Gasteiger partial charge in [-0.2, -0.15) is 0 Å². The van der Waals surface area contributed by atoms with E-state index >= 15 is 0 Å². The summed E-state index contributed by atoms with van der Waals surface area (Å²) in [6.07, 6.45) is -1.02.